The monoisotopic (exact) mass is 478 g/mol. The van der Waals surface area contributed by atoms with E-state index in [0.29, 0.717) is 12.6 Å². The number of benzene rings is 1. The molecule has 5 rings (SSSR count). The molecule has 3 aliphatic rings. The predicted molar refractivity (Wildman–Crippen MR) is 145 cm³/mol. The molecule has 2 aliphatic heterocycles. The van der Waals surface area contributed by atoms with Crippen molar-refractivity contribution in [3.05, 3.63) is 30.0 Å². The first-order valence-corrected chi connectivity index (χ1v) is 13.7. The zero-order valence-corrected chi connectivity index (χ0v) is 21.7. The van der Waals surface area contributed by atoms with Crippen LogP contribution in [0, 0.1) is 0 Å². The standard InChI is InChI=1S/C29H42N4O2/c1-32-16-11-23(12-17-32)30-26-20-25(22-9-4-3-5-10-22)31-27-21-29(28(34-2)19-24(26)27)35-18-8-15-33-13-6-7-14-33/h9,19-21,23H,3-8,10-18H2,1-2H3,(H,30,31). The summed E-state index contributed by atoms with van der Waals surface area (Å²) in [6.45, 7) is 6.54. The van der Waals surface area contributed by atoms with Crippen molar-refractivity contribution >= 4 is 22.2 Å². The van der Waals surface area contributed by atoms with Crippen molar-refractivity contribution in [1.82, 2.24) is 14.8 Å². The van der Waals surface area contributed by atoms with Crippen molar-refractivity contribution in [1.29, 1.82) is 0 Å². The van der Waals surface area contributed by atoms with E-state index in [4.69, 9.17) is 14.5 Å². The average molecular weight is 479 g/mol. The number of nitrogens with zero attached hydrogens (tertiary/aromatic N) is 3. The minimum absolute atomic E-state index is 0.484. The first-order valence-electron chi connectivity index (χ1n) is 13.7. The smallest absolute Gasteiger partial charge is 0.163 e. The number of pyridine rings is 1. The Bertz CT molecular complexity index is 1020. The number of anilines is 1. The summed E-state index contributed by atoms with van der Waals surface area (Å²) in [5.74, 6) is 1.59. The molecule has 3 heterocycles. The van der Waals surface area contributed by atoms with Crippen LogP contribution in [-0.2, 0) is 0 Å². The number of fused-ring (bicyclic) bond motifs is 1. The molecule has 0 amide bonds. The molecular formula is C29H42N4O2. The molecule has 2 aromatic rings. The number of likely N-dealkylation sites (tertiary alicyclic amines) is 2. The molecule has 2 fully saturated rings. The summed E-state index contributed by atoms with van der Waals surface area (Å²) < 4.78 is 12.0. The predicted octanol–water partition coefficient (Wildman–Crippen LogP) is 5.57. The van der Waals surface area contributed by atoms with Gasteiger partial charge in [0.15, 0.2) is 11.5 Å². The van der Waals surface area contributed by atoms with E-state index < -0.39 is 0 Å². The topological polar surface area (TPSA) is 49.9 Å². The Hall–Kier alpha value is -2.31. The van der Waals surface area contributed by atoms with Gasteiger partial charge in [0.25, 0.3) is 0 Å². The first-order chi connectivity index (χ1) is 17.2. The Morgan fingerprint density at radius 1 is 1.00 bits per heavy atom. The van der Waals surface area contributed by atoms with Gasteiger partial charge in [0.05, 0.1) is 24.9 Å². The molecule has 190 valence electrons. The van der Waals surface area contributed by atoms with Crippen LogP contribution < -0.4 is 14.8 Å². The molecule has 2 saturated heterocycles. The molecule has 0 atom stereocenters. The van der Waals surface area contributed by atoms with Gasteiger partial charge in [-0.05, 0) is 109 Å². The number of hydrogen-bond donors (Lipinski definition) is 1. The van der Waals surface area contributed by atoms with Gasteiger partial charge in [-0.2, -0.15) is 0 Å². The normalized spacial score (nSPS) is 20.2. The van der Waals surface area contributed by atoms with Gasteiger partial charge in [0, 0.05) is 29.7 Å². The van der Waals surface area contributed by atoms with Crippen LogP contribution in [0.4, 0.5) is 5.69 Å². The minimum Gasteiger partial charge on any atom is -0.493 e. The average Bonchev–Trinajstić information content (AvgIpc) is 3.41. The van der Waals surface area contributed by atoms with Gasteiger partial charge in [-0.3, -0.25) is 0 Å². The van der Waals surface area contributed by atoms with Crippen molar-refractivity contribution in [2.24, 2.45) is 0 Å². The second-order valence-corrected chi connectivity index (χ2v) is 10.5. The fraction of sp³-hybridized carbons (Fsp3) is 0.621. The number of methoxy groups -OCH3 is 1. The number of ether oxygens (including phenoxy) is 2. The summed E-state index contributed by atoms with van der Waals surface area (Å²) in [6.07, 6.45) is 13.2. The largest absolute Gasteiger partial charge is 0.493 e. The zero-order valence-electron chi connectivity index (χ0n) is 21.7. The Kier molecular flexibility index (Phi) is 8.09. The van der Waals surface area contributed by atoms with E-state index in [-0.39, 0.29) is 0 Å². The third kappa shape index (κ3) is 6.10. The molecule has 1 aliphatic carbocycles. The fourth-order valence-electron chi connectivity index (χ4n) is 5.71. The van der Waals surface area contributed by atoms with E-state index in [1.165, 1.54) is 50.0 Å². The van der Waals surface area contributed by atoms with E-state index in [0.717, 1.165) is 79.8 Å². The van der Waals surface area contributed by atoms with Crippen molar-refractivity contribution in [2.75, 3.05) is 58.8 Å². The van der Waals surface area contributed by atoms with E-state index >= 15 is 0 Å². The Morgan fingerprint density at radius 2 is 1.83 bits per heavy atom. The lowest BCUT2D eigenvalue weighted by atomic mass is 9.95. The number of hydrogen-bond acceptors (Lipinski definition) is 6. The Balaban J connectivity index is 1.41. The van der Waals surface area contributed by atoms with E-state index in [1.54, 1.807) is 7.11 Å². The van der Waals surface area contributed by atoms with Crippen LogP contribution in [0.1, 0.15) is 63.5 Å². The number of allylic oxidation sites excluding steroid dienone is 2. The Morgan fingerprint density at radius 3 is 2.57 bits per heavy atom. The second kappa shape index (κ2) is 11.6. The highest BCUT2D eigenvalue weighted by molar-refractivity contribution is 5.95. The first kappa shape index (κ1) is 24.4. The maximum atomic E-state index is 6.25. The third-order valence-corrected chi connectivity index (χ3v) is 7.87. The van der Waals surface area contributed by atoms with Crippen LogP contribution in [0.5, 0.6) is 11.5 Å². The molecule has 0 unspecified atom stereocenters. The third-order valence-electron chi connectivity index (χ3n) is 7.87. The molecule has 0 saturated carbocycles. The zero-order chi connectivity index (χ0) is 24.0. The number of nitrogens with one attached hydrogen (secondary N) is 1. The molecular weight excluding hydrogens is 436 g/mol. The summed E-state index contributed by atoms with van der Waals surface area (Å²) in [7, 11) is 3.94. The lowest BCUT2D eigenvalue weighted by Gasteiger charge is -2.30. The quantitative estimate of drug-likeness (QED) is 0.476. The van der Waals surface area contributed by atoms with Crippen LogP contribution in [0.15, 0.2) is 24.3 Å². The molecule has 35 heavy (non-hydrogen) atoms. The van der Waals surface area contributed by atoms with Gasteiger partial charge in [0.1, 0.15) is 0 Å². The summed E-state index contributed by atoms with van der Waals surface area (Å²) in [5.41, 5.74) is 4.65. The second-order valence-electron chi connectivity index (χ2n) is 10.5. The molecule has 6 heteroatoms. The fourth-order valence-corrected chi connectivity index (χ4v) is 5.71. The molecule has 1 aromatic carbocycles. The van der Waals surface area contributed by atoms with Gasteiger partial charge in [0.2, 0.25) is 0 Å². The van der Waals surface area contributed by atoms with Gasteiger partial charge < -0.3 is 24.6 Å². The van der Waals surface area contributed by atoms with Gasteiger partial charge in [-0.1, -0.05) is 6.08 Å². The Labute approximate surface area is 210 Å². The highest BCUT2D eigenvalue weighted by atomic mass is 16.5. The highest BCUT2D eigenvalue weighted by Crippen LogP contribution is 2.38. The number of piperidine rings is 1. The van der Waals surface area contributed by atoms with Gasteiger partial charge in [-0.25, -0.2) is 4.98 Å². The summed E-state index contributed by atoms with van der Waals surface area (Å²) in [5, 5.41) is 5.00. The van der Waals surface area contributed by atoms with Crippen molar-refractivity contribution in [3.63, 3.8) is 0 Å². The van der Waals surface area contributed by atoms with Crippen LogP contribution in [0.2, 0.25) is 0 Å². The molecule has 6 nitrogen and oxygen atoms in total. The SMILES string of the molecule is COc1cc2c(NC3CCN(C)CC3)cc(C3=CCCCC3)nc2cc1OCCCN1CCCC1. The van der Waals surface area contributed by atoms with Crippen molar-refractivity contribution < 1.29 is 9.47 Å². The highest BCUT2D eigenvalue weighted by Gasteiger charge is 2.20. The molecule has 0 spiro atoms. The minimum atomic E-state index is 0.484. The van der Waals surface area contributed by atoms with Crippen LogP contribution in [-0.4, -0.2) is 74.3 Å². The van der Waals surface area contributed by atoms with Crippen LogP contribution in [0.25, 0.3) is 16.5 Å². The molecule has 0 bridgehead atoms. The molecule has 1 N–H and O–H groups in total. The van der Waals surface area contributed by atoms with Gasteiger partial charge >= 0.3 is 0 Å². The number of rotatable bonds is 9. The lowest BCUT2D eigenvalue weighted by molar-refractivity contribution is 0.254. The lowest BCUT2D eigenvalue weighted by Crippen LogP contribution is -2.36. The maximum Gasteiger partial charge on any atom is 0.163 e. The van der Waals surface area contributed by atoms with Crippen LogP contribution >= 0.6 is 0 Å². The summed E-state index contributed by atoms with van der Waals surface area (Å²) in [6, 6.07) is 6.97. The van der Waals surface area contributed by atoms with Crippen LogP contribution in [0.3, 0.4) is 0 Å². The molecule has 1 aromatic heterocycles. The number of aromatic nitrogens is 1. The van der Waals surface area contributed by atoms with E-state index in [1.807, 2.05) is 0 Å². The summed E-state index contributed by atoms with van der Waals surface area (Å²) in [4.78, 5) is 10.1. The summed E-state index contributed by atoms with van der Waals surface area (Å²) >= 11 is 0. The maximum absolute atomic E-state index is 6.25. The van der Waals surface area contributed by atoms with E-state index in [9.17, 15) is 0 Å². The van der Waals surface area contributed by atoms with Gasteiger partial charge in [-0.15, -0.1) is 0 Å². The van der Waals surface area contributed by atoms with Crippen molar-refractivity contribution in [3.8, 4) is 11.5 Å². The molecule has 0 radical (unpaired) electrons. The van der Waals surface area contributed by atoms with E-state index in [2.05, 4.69) is 46.4 Å². The van der Waals surface area contributed by atoms with Crippen molar-refractivity contribution in [2.45, 2.75) is 63.8 Å².